The summed E-state index contributed by atoms with van der Waals surface area (Å²) in [6.45, 7) is 5.98. The highest BCUT2D eigenvalue weighted by Crippen LogP contribution is 2.27. The molecule has 21 heavy (non-hydrogen) atoms. The maximum absolute atomic E-state index is 12.7. The van der Waals surface area contributed by atoms with E-state index in [-0.39, 0.29) is 22.7 Å². The van der Waals surface area contributed by atoms with Crippen LogP contribution < -0.4 is 0 Å². The van der Waals surface area contributed by atoms with E-state index in [1.807, 2.05) is 20.8 Å². The second-order valence-corrected chi connectivity index (χ2v) is 8.45. The number of nitrogens with zero attached hydrogens (tertiary/aromatic N) is 2. The summed E-state index contributed by atoms with van der Waals surface area (Å²) in [5.74, 6) is 0.406. The van der Waals surface area contributed by atoms with Crippen molar-refractivity contribution in [3.05, 3.63) is 18.0 Å². The minimum atomic E-state index is -3.64. The van der Waals surface area contributed by atoms with Crippen molar-refractivity contribution in [1.29, 1.82) is 0 Å². The van der Waals surface area contributed by atoms with Gasteiger partial charge < -0.3 is 9.67 Å². The molecule has 1 fully saturated rings. The van der Waals surface area contributed by atoms with Gasteiger partial charge in [-0.2, -0.15) is 16.1 Å². The lowest BCUT2D eigenvalue weighted by molar-refractivity contribution is 0.0683. The van der Waals surface area contributed by atoms with Gasteiger partial charge in [-0.3, -0.25) is 0 Å². The number of hydrogen-bond acceptors (Lipinski definition) is 4. The molecular weight excluding hydrogens is 312 g/mol. The van der Waals surface area contributed by atoms with Crippen LogP contribution in [0.1, 0.15) is 37.3 Å². The van der Waals surface area contributed by atoms with Crippen molar-refractivity contribution in [3.8, 4) is 0 Å². The van der Waals surface area contributed by atoms with E-state index < -0.39 is 16.0 Å². The maximum Gasteiger partial charge on any atom is 0.352 e. The predicted molar refractivity (Wildman–Crippen MR) is 82.5 cm³/mol. The first-order chi connectivity index (χ1) is 9.75. The summed E-state index contributed by atoms with van der Waals surface area (Å²) in [4.78, 5) is 11.3. The van der Waals surface area contributed by atoms with Gasteiger partial charge in [0.15, 0.2) is 0 Å². The third-order valence-corrected chi connectivity index (χ3v) is 6.68. The summed E-state index contributed by atoms with van der Waals surface area (Å²) in [7, 11) is -3.64. The van der Waals surface area contributed by atoms with Crippen molar-refractivity contribution >= 4 is 27.8 Å². The molecule has 2 heterocycles. The number of hydrogen-bond donors (Lipinski definition) is 1. The summed E-state index contributed by atoms with van der Waals surface area (Å²) < 4.78 is 28.4. The summed E-state index contributed by atoms with van der Waals surface area (Å²) in [6.07, 6.45) is 1.43. The molecule has 0 spiro atoms. The number of rotatable bonds is 4. The van der Waals surface area contributed by atoms with Gasteiger partial charge in [0.05, 0.1) is 0 Å². The molecule has 2 rings (SSSR count). The molecule has 6 nitrogen and oxygen atoms in total. The number of aromatic nitrogens is 1. The number of aromatic carboxylic acids is 1. The van der Waals surface area contributed by atoms with E-state index in [1.165, 1.54) is 21.1 Å². The van der Waals surface area contributed by atoms with Crippen LogP contribution in [0.5, 0.6) is 0 Å². The van der Waals surface area contributed by atoms with Gasteiger partial charge >= 0.3 is 5.97 Å². The second kappa shape index (κ2) is 6.02. The summed E-state index contributed by atoms with van der Waals surface area (Å²) in [5, 5.41) is 9.22. The molecule has 8 heteroatoms. The quantitative estimate of drug-likeness (QED) is 0.911. The molecule has 118 valence electrons. The number of carboxylic acids is 1. The third-order valence-electron chi connectivity index (χ3n) is 3.51. The van der Waals surface area contributed by atoms with E-state index in [1.54, 1.807) is 11.8 Å². The van der Waals surface area contributed by atoms with Crippen LogP contribution in [-0.2, 0) is 10.0 Å². The van der Waals surface area contributed by atoms with Gasteiger partial charge in [0.2, 0.25) is 10.0 Å². The van der Waals surface area contributed by atoms with E-state index in [9.17, 15) is 18.3 Å². The Hall–Kier alpha value is -0.990. The van der Waals surface area contributed by atoms with E-state index in [4.69, 9.17) is 0 Å². The summed E-state index contributed by atoms with van der Waals surface area (Å²) >= 11 is 1.73. The first kappa shape index (κ1) is 16.4. The molecule has 1 saturated heterocycles. The molecule has 1 N–H and O–H groups in total. The molecule has 0 radical (unpaired) electrons. The molecule has 0 saturated carbocycles. The predicted octanol–water partition coefficient (Wildman–Crippen LogP) is 1.89. The minimum Gasteiger partial charge on any atom is -0.477 e. The Morgan fingerprint density at radius 2 is 2.14 bits per heavy atom. The van der Waals surface area contributed by atoms with Crippen LogP contribution in [0, 0.1) is 0 Å². The Morgan fingerprint density at radius 1 is 1.48 bits per heavy atom. The van der Waals surface area contributed by atoms with Gasteiger partial charge in [0.25, 0.3) is 0 Å². The van der Waals surface area contributed by atoms with Gasteiger partial charge in [-0.1, -0.05) is 0 Å². The highest BCUT2D eigenvalue weighted by molar-refractivity contribution is 7.99. The van der Waals surface area contributed by atoms with Crippen LogP contribution in [0.15, 0.2) is 17.2 Å². The summed E-state index contributed by atoms with van der Waals surface area (Å²) in [6, 6.07) is 1.06. The Labute approximate surface area is 129 Å². The van der Waals surface area contributed by atoms with Crippen molar-refractivity contribution in [1.82, 2.24) is 8.87 Å². The van der Waals surface area contributed by atoms with E-state index in [0.717, 1.165) is 11.5 Å². The van der Waals surface area contributed by atoms with Gasteiger partial charge in [-0.25, -0.2) is 13.2 Å². The smallest absolute Gasteiger partial charge is 0.352 e. The zero-order valence-corrected chi connectivity index (χ0v) is 13.9. The average Bonchev–Trinajstić information content (AvgIpc) is 2.85. The number of carboxylic acid groups (broad SMARTS) is 1. The standard InChI is InChI=1S/C13H20N2O4S2/c1-9(2)14-7-11(6-12(14)13(16)17)21(18,19)15-4-5-20-8-10(15)3/h6-7,9-10H,4-5,8H2,1-3H3,(H,16,17). The van der Waals surface area contributed by atoms with Gasteiger partial charge in [-0.15, -0.1) is 0 Å². The molecular formula is C13H20N2O4S2. The Morgan fingerprint density at radius 3 is 2.62 bits per heavy atom. The van der Waals surface area contributed by atoms with Crippen LogP contribution >= 0.6 is 11.8 Å². The van der Waals surface area contributed by atoms with Crippen LogP contribution in [-0.4, -0.2) is 52.5 Å². The molecule has 1 atom stereocenters. The molecule has 0 aromatic carbocycles. The Bertz CT molecular complexity index is 637. The first-order valence-electron chi connectivity index (χ1n) is 6.80. The maximum atomic E-state index is 12.7. The molecule has 0 amide bonds. The third kappa shape index (κ3) is 3.12. The van der Waals surface area contributed by atoms with E-state index >= 15 is 0 Å². The van der Waals surface area contributed by atoms with E-state index in [2.05, 4.69) is 0 Å². The van der Waals surface area contributed by atoms with E-state index in [0.29, 0.717) is 6.54 Å². The average molecular weight is 332 g/mol. The van der Waals surface area contributed by atoms with Gasteiger partial charge in [0, 0.05) is 36.3 Å². The lowest BCUT2D eigenvalue weighted by atomic mass is 10.3. The Kier molecular flexibility index (Phi) is 4.69. The zero-order valence-electron chi connectivity index (χ0n) is 12.3. The zero-order chi connectivity index (χ0) is 15.8. The van der Waals surface area contributed by atoms with Crippen molar-refractivity contribution < 1.29 is 18.3 Å². The minimum absolute atomic E-state index is 0.00242. The monoisotopic (exact) mass is 332 g/mol. The van der Waals surface area contributed by atoms with Gasteiger partial charge in [0.1, 0.15) is 10.6 Å². The SMILES string of the molecule is CC1CSCCN1S(=O)(=O)c1cc(C(=O)O)n(C(C)C)c1. The first-order valence-corrected chi connectivity index (χ1v) is 9.39. The fourth-order valence-corrected chi connectivity index (χ4v) is 5.28. The number of thioether (sulfide) groups is 1. The highest BCUT2D eigenvalue weighted by Gasteiger charge is 2.33. The lowest BCUT2D eigenvalue weighted by Gasteiger charge is -2.31. The van der Waals surface area contributed by atoms with Crippen LogP contribution in [0.25, 0.3) is 0 Å². The fraction of sp³-hybridized carbons (Fsp3) is 0.615. The largest absolute Gasteiger partial charge is 0.477 e. The number of sulfonamides is 1. The van der Waals surface area contributed by atoms with Crippen molar-refractivity contribution in [2.75, 3.05) is 18.1 Å². The van der Waals surface area contributed by atoms with Crippen LogP contribution in [0.3, 0.4) is 0 Å². The van der Waals surface area contributed by atoms with Crippen molar-refractivity contribution in [3.63, 3.8) is 0 Å². The molecule has 1 aromatic rings. The molecule has 1 aromatic heterocycles. The van der Waals surface area contributed by atoms with Crippen molar-refractivity contribution in [2.45, 2.75) is 37.8 Å². The van der Waals surface area contributed by atoms with Crippen LogP contribution in [0.2, 0.25) is 0 Å². The molecule has 0 aliphatic carbocycles. The molecule has 1 aliphatic rings. The second-order valence-electron chi connectivity index (χ2n) is 5.41. The summed E-state index contributed by atoms with van der Waals surface area (Å²) in [5.41, 5.74) is 0.00242. The topological polar surface area (TPSA) is 79.6 Å². The highest BCUT2D eigenvalue weighted by atomic mass is 32.2. The molecule has 1 unspecified atom stereocenters. The lowest BCUT2D eigenvalue weighted by Crippen LogP contribution is -2.44. The number of carbonyl (C=O) groups is 1. The fourth-order valence-electron chi connectivity index (χ4n) is 2.40. The van der Waals surface area contributed by atoms with Gasteiger partial charge in [-0.05, 0) is 26.8 Å². The Balaban J connectivity index is 2.45. The normalized spacial score (nSPS) is 20.9. The van der Waals surface area contributed by atoms with Crippen molar-refractivity contribution in [2.24, 2.45) is 0 Å². The molecule has 1 aliphatic heterocycles. The van der Waals surface area contributed by atoms with Crippen LogP contribution in [0.4, 0.5) is 0 Å². The molecule has 0 bridgehead atoms.